The zero-order valence-electron chi connectivity index (χ0n) is 15.6. The second-order valence-corrected chi connectivity index (χ2v) is 6.49. The lowest BCUT2D eigenvalue weighted by molar-refractivity contribution is 0.181. The lowest BCUT2D eigenvalue weighted by atomic mass is 10.1. The number of rotatable bonds is 7. The number of guanidine groups is 1. The van der Waals surface area contributed by atoms with E-state index in [0.717, 1.165) is 69.5 Å². The van der Waals surface area contributed by atoms with Gasteiger partial charge in [0.2, 0.25) is 0 Å². The number of nitrogens with one attached hydrogen (secondary N) is 1. The van der Waals surface area contributed by atoms with E-state index in [9.17, 15) is 0 Å². The summed E-state index contributed by atoms with van der Waals surface area (Å²) < 4.78 is 7.51. The first-order valence-electron chi connectivity index (χ1n) is 9.13. The second-order valence-electron chi connectivity index (χ2n) is 6.49. The maximum atomic E-state index is 5.47. The molecule has 0 radical (unpaired) electrons. The Morgan fingerprint density at radius 3 is 3.08 bits per heavy atom. The SMILES string of the molecule is CCNC(=NCCCc1nnc2ccccn12)N(C)CC1CCOC1.I. The van der Waals surface area contributed by atoms with Crippen molar-refractivity contribution in [3.8, 4) is 0 Å². The molecule has 1 aliphatic heterocycles. The molecule has 1 unspecified atom stereocenters. The summed E-state index contributed by atoms with van der Waals surface area (Å²) in [6.07, 6.45) is 4.97. The van der Waals surface area contributed by atoms with Crippen LogP contribution in [0.15, 0.2) is 29.4 Å². The molecule has 2 aromatic heterocycles. The predicted molar refractivity (Wildman–Crippen MR) is 114 cm³/mol. The van der Waals surface area contributed by atoms with Gasteiger partial charge in [-0.1, -0.05) is 6.07 Å². The van der Waals surface area contributed by atoms with Gasteiger partial charge in [0.15, 0.2) is 11.6 Å². The van der Waals surface area contributed by atoms with Crippen molar-refractivity contribution >= 4 is 35.6 Å². The molecule has 7 nitrogen and oxygen atoms in total. The third kappa shape index (κ3) is 5.54. The standard InChI is InChI=1S/C18H28N6O.HI/c1-3-19-18(23(2)13-15-9-12-25-14-15)20-10-6-8-17-22-21-16-7-4-5-11-24(16)17;/h4-5,7,11,15H,3,6,8-10,12-14H2,1-2H3,(H,19,20);1H. The van der Waals surface area contributed by atoms with Crippen molar-refractivity contribution in [1.29, 1.82) is 0 Å². The van der Waals surface area contributed by atoms with E-state index in [1.54, 1.807) is 0 Å². The molecule has 1 aliphatic rings. The first-order valence-corrected chi connectivity index (χ1v) is 9.13. The lowest BCUT2D eigenvalue weighted by Crippen LogP contribution is -2.41. The Morgan fingerprint density at radius 1 is 1.42 bits per heavy atom. The van der Waals surface area contributed by atoms with E-state index >= 15 is 0 Å². The van der Waals surface area contributed by atoms with Crippen LogP contribution in [0.4, 0.5) is 0 Å². The number of hydrogen-bond donors (Lipinski definition) is 1. The van der Waals surface area contributed by atoms with Gasteiger partial charge in [-0.05, 0) is 31.9 Å². The van der Waals surface area contributed by atoms with Crippen molar-refractivity contribution < 1.29 is 4.74 Å². The molecule has 0 aliphatic carbocycles. The largest absolute Gasteiger partial charge is 0.381 e. The number of fused-ring (bicyclic) bond motifs is 1. The van der Waals surface area contributed by atoms with Gasteiger partial charge < -0.3 is 15.0 Å². The highest BCUT2D eigenvalue weighted by Gasteiger charge is 2.19. The van der Waals surface area contributed by atoms with Gasteiger partial charge in [0.25, 0.3) is 0 Å². The van der Waals surface area contributed by atoms with E-state index < -0.39 is 0 Å². The zero-order chi connectivity index (χ0) is 17.5. The Hall–Kier alpha value is -1.42. The van der Waals surface area contributed by atoms with Gasteiger partial charge in [-0.25, -0.2) is 0 Å². The summed E-state index contributed by atoms with van der Waals surface area (Å²) in [5.41, 5.74) is 0.896. The summed E-state index contributed by atoms with van der Waals surface area (Å²) in [4.78, 5) is 6.99. The quantitative estimate of drug-likeness (QED) is 0.290. The minimum Gasteiger partial charge on any atom is -0.381 e. The molecule has 26 heavy (non-hydrogen) atoms. The summed E-state index contributed by atoms with van der Waals surface area (Å²) in [6, 6.07) is 5.95. The van der Waals surface area contributed by atoms with E-state index in [-0.39, 0.29) is 24.0 Å². The summed E-state index contributed by atoms with van der Waals surface area (Å²) >= 11 is 0. The Morgan fingerprint density at radius 2 is 2.31 bits per heavy atom. The molecule has 0 bridgehead atoms. The van der Waals surface area contributed by atoms with Crippen molar-refractivity contribution in [3.63, 3.8) is 0 Å². The van der Waals surface area contributed by atoms with Crippen LogP contribution < -0.4 is 5.32 Å². The highest BCUT2D eigenvalue weighted by molar-refractivity contribution is 14.0. The van der Waals surface area contributed by atoms with Crippen LogP contribution in [0, 0.1) is 5.92 Å². The van der Waals surface area contributed by atoms with E-state index in [2.05, 4.69) is 34.4 Å². The minimum absolute atomic E-state index is 0. The summed E-state index contributed by atoms with van der Waals surface area (Å²) in [7, 11) is 2.10. The number of aromatic nitrogens is 3. The summed E-state index contributed by atoms with van der Waals surface area (Å²) in [5.74, 6) is 2.57. The molecule has 8 heteroatoms. The number of halogens is 1. The first kappa shape index (κ1) is 20.9. The molecule has 3 rings (SSSR count). The van der Waals surface area contributed by atoms with Crippen molar-refractivity contribution in [1.82, 2.24) is 24.8 Å². The summed E-state index contributed by atoms with van der Waals surface area (Å²) in [5, 5.41) is 11.9. The molecule has 1 atom stereocenters. The summed E-state index contributed by atoms with van der Waals surface area (Å²) in [6.45, 7) is 6.49. The van der Waals surface area contributed by atoms with Gasteiger partial charge in [0, 0.05) is 51.8 Å². The third-order valence-electron chi connectivity index (χ3n) is 4.46. The maximum Gasteiger partial charge on any atom is 0.193 e. The number of ether oxygens (including phenoxy) is 1. The van der Waals surface area contributed by atoms with Crippen LogP contribution in [0.2, 0.25) is 0 Å². The predicted octanol–water partition coefficient (Wildman–Crippen LogP) is 2.21. The maximum absolute atomic E-state index is 5.47. The number of pyridine rings is 1. The second kappa shape index (κ2) is 10.7. The molecule has 3 heterocycles. The van der Waals surface area contributed by atoms with Gasteiger partial charge in [-0.15, -0.1) is 34.2 Å². The molecule has 0 aromatic carbocycles. The van der Waals surface area contributed by atoms with Crippen molar-refractivity contribution in [3.05, 3.63) is 30.2 Å². The molecule has 1 fully saturated rings. The number of aryl methyl sites for hydroxylation is 1. The van der Waals surface area contributed by atoms with Crippen LogP contribution in [-0.4, -0.2) is 65.4 Å². The highest BCUT2D eigenvalue weighted by atomic mass is 127. The number of aliphatic imine (C=N–C) groups is 1. The van der Waals surface area contributed by atoms with Crippen LogP contribution >= 0.6 is 24.0 Å². The fourth-order valence-electron chi connectivity index (χ4n) is 3.15. The van der Waals surface area contributed by atoms with Crippen molar-refractivity contribution in [2.24, 2.45) is 10.9 Å². The van der Waals surface area contributed by atoms with Crippen LogP contribution in [-0.2, 0) is 11.2 Å². The monoisotopic (exact) mass is 472 g/mol. The molecule has 1 saturated heterocycles. The Bertz CT molecular complexity index is 698. The Labute approximate surface area is 172 Å². The van der Waals surface area contributed by atoms with Crippen LogP contribution in [0.3, 0.4) is 0 Å². The average molecular weight is 472 g/mol. The average Bonchev–Trinajstić information content (AvgIpc) is 3.27. The van der Waals surface area contributed by atoms with Crippen LogP contribution in [0.25, 0.3) is 5.65 Å². The topological polar surface area (TPSA) is 67.0 Å². The molecular weight excluding hydrogens is 443 g/mol. The van der Waals surface area contributed by atoms with Gasteiger partial charge in [-0.2, -0.15) is 0 Å². The van der Waals surface area contributed by atoms with Crippen LogP contribution in [0.1, 0.15) is 25.6 Å². The van der Waals surface area contributed by atoms with Gasteiger partial charge in [0.1, 0.15) is 5.82 Å². The van der Waals surface area contributed by atoms with Gasteiger partial charge in [-0.3, -0.25) is 9.39 Å². The van der Waals surface area contributed by atoms with E-state index in [1.165, 1.54) is 0 Å². The minimum atomic E-state index is 0. The molecule has 1 N–H and O–H groups in total. The smallest absolute Gasteiger partial charge is 0.193 e. The van der Waals surface area contributed by atoms with Gasteiger partial charge >= 0.3 is 0 Å². The van der Waals surface area contributed by atoms with E-state index in [1.807, 2.05) is 28.8 Å². The number of nitrogens with zero attached hydrogens (tertiary/aromatic N) is 5. The molecule has 0 amide bonds. The fraction of sp³-hybridized carbons (Fsp3) is 0.611. The first-order chi connectivity index (χ1) is 12.3. The van der Waals surface area contributed by atoms with E-state index in [0.29, 0.717) is 5.92 Å². The normalized spacial score (nSPS) is 17.3. The molecular formula is C18H29IN6O. The Kier molecular flexibility index (Phi) is 8.56. The van der Waals surface area contributed by atoms with E-state index in [4.69, 9.17) is 9.73 Å². The highest BCUT2D eigenvalue weighted by Crippen LogP contribution is 2.13. The molecule has 0 spiro atoms. The molecule has 2 aromatic rings. The number of hydrogen-bond acceptors (Lipinski definition) is 4. The fourth-order valence-corrected chi connectivity index (χ4v) is 3.15. The molecule has 0 saturated carbocycles. The Balaban J connectivity index is 0.00000243. The van der Waals surface area contributed by atoms with Crippen LogP contribution in [0.5, 0.6) is 0 Å². The van der Waals surface area contributed by atoms with Crippen molar-refractivity contribution in [2.75, 3.05) is 39.9 Å². The van der Waals surface area contributed by atoms with Crippen molar-refractivity contribution in [2.45, 2.75) is 26.2 Å². The lowest BCUT2D eigenvalue weighted by Gasteiger charge is -2.24. The zero-order valence-corrected chi connectivity index (χ0v) is 17.9. The molecule has 144 valence electrons. The third-order valence-corrected chi connectivity index (χ3v) is 4.46. The van der Waals surface area contributed by atoms with Gasteiger partial charge in [0.05, 0.1) is 6.61 Å².